The first-order valence-corrected chi connectivity index (χ1v) is 8.47. The van der Waals surface area contributed by atoms with Crippen molar-refractivity contribution in [2.45, 2.75) is 70.9 Å². The second kappa shape index (κ2) is 11.0. The van der Waals surface area contributed by atoms with E-state index in [9.17, 15) is 44.5 Å². The third-order valence-electron chi connectivity index (χ3n) is 4.03. The third kappa shape index (κ3) is 10.3. The quantitative estimate of drug-likeness (QED) is 0.249. The van der Waals surface area contributed by atoms with Crippen molar-refractivity contribution < 1.29 is 49.5 Å². The summed E-state index contributed by atoms with van der Waals surface area (Å²) in [6, 6.07) is 0. The topological polar surface area (TPSA) is 235 Å². The molecule has 30 heavy (non-hydrogen) atoms. The second-order valence-electron chi connectivity index (χ2n) is 7.94. The second-order valence-corrected chi connectivity index (χ2v) is 7.94. The lowest BCUT2D eigenvalue weighted by Gasteiger charge is -2.34. The molecule has 0 bridgehead atoms. The summed E-state index contributed by atoms with van der Waals surface area (Å²) in [6.45, 7) is 4.63. The SMILES string of the molecule is CC(C)(CC(CC(=O)O)(CC(C)(C)[N+](=O)[O-])C(=O)O)[N+](=O)[O-].O=C(O)CCC(=O)O. The smallest absolute Gasteiger partial charge is 0.310 e. The highest BCUT2D eigenvalue weighted by Crippen LogP contribution is 2.41. The monoisotopic (exact) mass is 438 g/mol. The van der Waals surface area contributed by atoms with Gasteiger partial charge in [-0.2, -0.15) is 0 Å². The molecule has 14 nitrogen and oxygen atoms in total. The summed E-state index contributed by atoms with van der Waals surface area (Å²) in [7, 11) is 0. The normalized spacial score (nSPS) is 11.6. The van der Waals surface area contributed by atoms with Gasteiger partial charge in [-0.15, -0.1) is 0 Å². The fourth-order valence-corrected chi connectivity index (χ4v) is 2.70. The highest BCUT2D eigenvalue weighted by molar-refractivity contribution is 5.81. The Kier molecular flexibility index (Phi) is 10.6. The molecule has 14 heteroatoms. The Balaban J connectivity index is 0. The standard InChI is InChI=1S/C12H20N2O8.C4H6O4/c1-10(2,13(19)20)6-12(9(17)18,5-8(15)16)7-11(3,4)14(21)22;5-3(6)1-2-4(7)8/h5-7H2,1-4H3,(H,15,16)(H,17,18);1-2H2,(H,5,6)(H,7,8). The van der Waals surface area contributed by atoms with E-state index in [1.807, 2.05) is 0 Å². The van der Waals surface area contributed by atoms with Gasteiger partial charge in [0.2, 0.25) is 11.1 Å². The summed E-state index contributed by atoms with van der Waals surface area (Å²) in [5.74, 6) is -5.24. The molecule has 0 heterocycles. The Labute approximate surface area is 170 Å². The van der Waals surface area contributed by atoms with Crippen LogP contribution in [0.15, 0.2) is 0 Å². The molecule has 0 unspecified atom stereocenters. The predicted molar refractivity (Wildman–Crippen MR) is 98.2 cm³/mol. The van der Waals surface area contributed by atoms with Gasteiger partial charge in [-0.05, 0) is 0 Å². The minimum absolute atomic E-state index is 0.296. The largest absolute Gasteiger partial charge is 0.481 e. The van der Waals surface area contributed by atoms with Crippen LogP contribution in [0.1, 0.15) is 59.8 Å². The van der Waals surface area contributed by atoms with Gasteiger partial charge in [0.05, 0.1) is 24.7 Å². The average Bonchev–Trinajstić information content (AvgIpc) is 2.51. The molecule has 0 rings (SSSR count). The predicted octanol–water partition coefficient (Wildman–Crippen LogP) is 1.36. The maximum atomic E-state index is 11.6. The van der Waals surface area contributed by atoms with Crippen LogP contribution in [0.4, 0.5) is 0 Å². The molecule has 4 N–H and O–H groups in total. The summed E-state index contributed by atoms with van der Waals surface area (Å²) in [5, 5.41) is 56.3. The molecule has 0 radical (unpaired) electrons. The zero-order valence-electron chi connectivity index (χ0n) is 17.0. The zero-order valence-corrected chi connectivity index (χ0v) is 17.0. The van der Waals surface area contributed by atoms with E-state index in [0.29, 0.717) is 0 Å². The van der Waals surface area contributed by atoms with Gasteiger partial charge in [-0.1, -0.05) is 0 Å². The van der Waals surface area contributed by atoms with Crippen LogP contribution in [0.5, 0.6) is 0 Å². The molecule has 0 amide bonds. The van der Waals surface area contributed by atoms with Crippen molar-refractivity contribution in [2.75, 3.05) is 0 Å². The maximum Gasteiger partial charge on any atom is 0.310 e. The van der Waals surface area contributed by atoms with Crippen LogP contribution in [0.2, 0.25) is 0 Å². The first-order chi connectivity index (χ1) is 13.3. The molecule has 0 fully saturated rings. The maximum absolute atomic E-state index is 11.6. The lowest BCUT2D eigenvalue weighted by molar-refractivity contribution is -0.572. The molecular formula is C16H26N2O12. The Morgan fingerprint density at radius 1 is 0.700 bits per heavy atom. The van der Waals surface area contributed by atoms with Crippen LogP contribution in [0.25, 0.3) is 0 Å². The van der Waals surface area contributed by atoms with Gasteiger partial charge in [0.1, 0.15) is 0 Å². The number of carboxylic acids is 4. The fraction of sp³-hybridized carbons (Fsp3) is 0.750. The van der Waals surface area contributed by atoms with Gasteiger partial charge < -0.3 is 20.4 Å². The van der Waals surface area contributed by atoms with Crippen LogP contribution in [-0.4, -0.2) is 65.2 Å². The molecule has 0 aliphatic heterocycles. The lowest BCUT2D eigenvalue weighted by Crippen LogP contribution is -2.49. The molecule has 0 saturated heterocycles. The molecule has 0 aliphatic carbocycles. The van der Waals surface area contributed by atoms with Crippen molar-refractivity contribution in [3.8, 4) is 0 Å². The number of rotatable bonds is 12. The van der Waals surface area contributed by atoms with Crippen LogP contribution in [-0.2, 0) is 19.2 Å². The Bertz CT molecular complexity index is 656. The van der Waals surface area contributed by atoms with Gasteiger partial charge in [0.15, 0.2) is 0 Å². The van der Waals surface area contributed by atoms with Crippen LogP contribution in [0.3, 0.4) is 0 Å². The van der Waals surface area contributed by atoms with E-state index >= 15 is 0 Å². The zero-order chi connectivity index (χ0) is 24.5. The molecule has 0 aromatic heterocycles. The van der Waals surface area contributed by atoms with Crippen molar-refractivity contribution in [2.24, 2.45) is 5.41 Å². The Morgan fingerprint density at radius 3 is 1.17 bits per heavy atom. The van der Waals surface area contributed by atoms with Crippen molar-refractivity contribution in [1.29, 1.82) is 0 Å². The minimum Gasteiger partial charge on any atom is -0.481 e. The van der Waals surface area contributed by atoms with E-state index in [2.05, 4.69) is 0 Å². The van der Waals surface area contributed by atoms with Crippen molar-refractivity contribution >= 4 is 23.9 Å². The number of carboxylic acid groups (broad SMARTS) is 4. The molecule has 0 saturated carbocycles. The van der Waals surface area contributed by atoms with E-state index in [-0.39, 0.29) is 12.8 Å². The summed E-state index contributed by atoms with van der Waals surface area (Å²) in [6.07, 6.45) is -2.79. The number of hydrogen-bond acceptors (Lipinski definition) is 8. The molecular weight excluding hydrogens is 412 g/mol. The van der Waals surface area contributed by atoms with Crippen LogP contribution >= 0.6 is 0 Å². The van der Waals surface area contributed by atoms with Crippen molar-refractivity contribution in [3.05, 3.63) is 20.2 Å². The lowest BCUT2D eigenvalue weighted by atomic mass is 9.68. The van der Waals surface area contributed by atoms with E-state index in [0.717, 1.165) is 27.7 Å². The van der Waals surface area contributed by atoms with E-state index in [1.165, 1.54) is 0 Å². The Hall–Kier alpha value is -3.32. The first-order valence-electron chi connectivity index (χ1n) is 8.47. The van der Waals surface area contributed by atoms with Gasteiger partial charge in [-0.25, -0.2) is 0 Å². The average molecular weight is 438 g/mol. The van der Waals surface area contributed by atoms with Crippen molar-refractivity contribution in [1.82, 2.24) is 0 Å². The minimum atomic E-state index is -2.11. The first kappa shape index (κ1) is 28.9. The number of nitrogens with zero attached hydrogens (tertiary/aromatic N) is 2. The Morgan fingerprint density at radius 2 is 1.00 bits per heavy atom. The number of carbonyl (C=O) groups is 4. The molecule has 172 valence electrons. The summed E-state index contributed by atoms with van der Waals surface area (Å²) in [5.41, 5.74) is -5.58. The summed E-state index contributed by atoms with van der Waals surface area (Å²) < 4.78 is 0. The number of aliphatic carboxylic acids is 4. The van der Waals surface area contributed by atoms with E-state index < -0.39 is 69.5 Å². The van der Waals surface area contributed by atoms with Crippen molar-refractivity contribution in [3.63, 3.8) is 0 Å². The molecule has 0 aromatic carbocycles. The molecule has 0 aromatic rings. The van der Waals surface area contributed by atoms with Gasteiger partial charge in [0, 0.05) is 50.4 Å². The fourth-order valence-electron chi connectivity index (χ4n) is 2.70. The molecule has 0 atom stereocenters. The number of nitro groups is 2. The van der Waals surface area contributed by atoms with E-state index in [4.69, 9.17) is 15.3 Å². The number of hydrogen-bond donors (Lipinski definition) is 4. The van der Waals surface area contributed by atoms with Crippen LogP contribution < -0.4 is 0 Å². The van der Waals surface area contributed by atoms with Gasteiger partial charge in [-0.3, -0.25) is 39.4 Å². The highest BCUT2D eigenvalue weighted by Gasteiger charge is 2.54. The van der Waals surface area contributed by atoms with Crippen LogP contribution in [0, 0.1) is 25.6 Å². The molecule has 0 spiro atoms. The summed E-state index contributed by atoms with van der Waals surface area (Å²) in [4.78, 5) is 62.6. The van der Waals surface area contributed by atoms with Gasteiger partial charge >= 0.3 is 23.9 Å². The molecule has 0 aliphatic rings. The third-order valence-corrected chi connectivity index (χ3v) is 4.03. The highest BCUT2D eigenvalue weighted by atomic mass is 16.6. The summed E-state index contributed by atoms with van der Waals surface area (Å²) >= 11 is 0. The van der Waals surface area contributed by atoms with Gasteiger partial charge in [0.25, 0.3) is 0 Å². The van der Waals surface area contributed by atoms with E-state index in [1.54, 1.807) is 0 Å².